The molecule has 84 valence electrons. The summed E-state index contributed by atoms with van der Waals surface area (Å²) in [4.78, 5) is 4.30. The highest BCUT2D eigenvalue weighted by atomic mass is 16.5. The molecule has 0 fully saturated rings. The maximum atomic E-state index is 9.90. The summed E-state index contributed by atoms with van der Waals surface area (Å²) in [7, 11) is 1.59. The van der Waals surface area contributed by atoms with Gasteiger partial charge in [-0.15, -0.1) is 0 Å². The van der Waals surface area contributed by atoms with E-state index in [-0.39, 0.29) is 0 Å². The number of aliphatic hydroxyl groups excluding tert-OH is 1. The van der Waals surface area contributed by atoms with E-state index in [9.17, 15) is 5.11 Å². The molecule has 1 rings (SSSR count). The molecule has 3 N–H and O–H groups in total. The van der Waals surface area contributed by atoms with Crippen molar-refractivity contribution < 1.29 is 9.84 Å². The molecule has 0 amide bonds. The van der Waals surface area contributed by atoms with Gasteiger partial charge < -0.3 is 15.6 Å². The third-order valence-corrected chi connectivity index (χ3v) is 2.33. The van der Waals surface area contributed by atoms with Crippen LogP contribution in [0.2, 0.25) is 0 Å². The Morgan fingerprint density at radius 3 is 2.73 bits per heavy atom. The lowest BCUT2D eigenvalue weighted by molar-refractivity contribution is 0.164. The van der Waals surface area contributed by atoms with Gasteiger partial charge in [0, 0.05) is 23.0 Å². The van der Waals surface area contributed by atoms with Crippen LogP contribution < -0.4 is 10.5 Å². The molecule has 1 aromatic rings. The quantitative estimate of drug-likeness (QED) is 0.780. The van der Waals surface area contributed by atoms with Crippen LogP contribution in [0.1, 0.15) is 29.5 Å². The van der Waals surface area contributed by atoms with Crippen LogP contribution >= 0.6 is 0 Å². The van der Waals surface area contributed by atoms with Crippen LogP contribution in [0, 0.1) is 13.8 Å². The Morgan fingerprint density at radius 2 is 2.20 bits per heavy atom. The smallest absolute Gasteiger partial charge is 0.128 e. The Bertz CT molecular complexity index is 340. The van der Waals surface area contributed by atoms with Crippen LogP contribution in [0.25, 0.3) is 0 Å². The Hall–Kier alpha value is -1.13. The molecule has 0 aliphatic carbocycles. The minimum atomic E-state index is -0.599. The monoisotopic (exact) mass is 210 g/mol. The fourth-order valence-electron chi connectivity index (χ4n) is 1.68. The van der Waals surface area contributed by atoms with Crippen molar-refractivity contribution in [1.29, 1.82) is 0 Å². The molecular formula is C11H18N2O2. The molecule has 0 aliphatic heterocycles. The number of aliphatic hydroxyl groups is 1. The average Bonchev–Trinajstić information content (AvgIpc) is 2.16. The lowest BCUT2D eigenvalue weighted by atomic mass is 10.0. The maximum absolute atomic E-state index is 9.90. The lowest BCUT2D eigenvalue weighted by Crippen LogP contribution is -2.10. The summed E-state index contributed by atoms with van der Waals surface area (Å²) in [5.74, 6) is 0.681. The number of pyridine rings is 1. The number of aryl methyl sites for hydroxylation is 2. The molecule has 0 bridgehead atoms. The first-order valence-electron chi connectivity index (χ1n) is 5.00. The summed E-state index contributed by atoms with van der Waals surface area (Å²) in [5, 5.41) is 9.90. The molecule has 1 atom stereocenters. The van der Waals surface area contributed by atoms with E-state index in [2.05, 4.69) is 4.98 Å². The van der Waals surface area contributed by atoms with Gasteiger partial charge in [0.25, 0.3) is 0 Å². The summed E-state index contributed by atoms with van der Waals surface area (Å²) in [6, 6.07) is 1.82. The number of rotatable bonds is 4. The van der Waals surface area contributed by atoms with E-state index >= 15 is 0 Å². The Kier molecular flexibility index (Phi) is 4.05. The van der Waals surface area contributed by atoms with Gasteiger partial charge in [-0.3, -0.25) is 4.98 Å². The summed E-state index contributed by atoms with van der Waals surface area (Å²) < 4.78 is 5.23. The number of nitrogens with two attached hydrogens (primary N) is 1. The number of ether oxygens (including phenoxy) is 1. The highest BCUT2D eigenvalue weighted by molar-refractivity contribution is 5.39. The van der Waals surface area contributed by atoms with Crippen LogP contribution in [-0.4, -0.2) is 23.7 Å². The largest absolute Gasteiger partial charge is 0.496 e. The molecule has 0 radical (unpaired) electrons. The molecule has 1 aromatic heterocycles. The van der Waals surface area contributed by atoms with Gasteiger partial charge >= 0.3 is 0 Å². The first kappa shape index (κ1) is 11.9. The van der Waals surface area contributed by atoms with Gasteiger partial charge in [-0.05, 0) is 26.8 Å². The van der Waals surface area contributed by atoms with E-state index in [1.165, 1.54) is 0 Å². The number of hydrogen-bond donors (Lipinski definition) is 2. The minimum absolute atomic E-state index is 0.442. The Balaban J connectivity index is 3.14. The molecule has 1 heterocycles. The first-order valence-corrected chi connectivity index (χ1v) is 5.00. The molecule has 0 aliphatic rings. The van der Waals surface area contributed by atoms with Crippen LogP contribution in [-0.2, 0) is 0 Å². The normalized spacial score (nSPS) is 12.6. The second-order valence-electron chi connectivity index (χ2n) is 3.56. The minimum Gasteiger partial charge on any atom is -0.496 e. The Morgan fingerprint density at radius 1 is 1.53 bits per heavy atom. The van der Waals surface area contributed by atoms with Crippen molar-refractivity contribution in [2.45, 2.75) is 26.4 Å². The highest BCUT2D eigenvalue weighted by Crippen LogP contribution is 2.29. The van der Waals surface area contributed by atoms with E-state index in [0.29, 0.717) is 18.7 Å². The van der Waals surface area contributed by atoms with Gasteiger partial charge in [0.1, 0.15) is 5.75 Å². The second kappa shape index (κ2) is 5.09. The van der Waals surface area contributed by atoms with E-state index in [4.69, 9.17) is 10.5 Å². The molecule has 4 heteroatoms. The predicted octanol–water partition coefficient (Wildman–Crippen LogP) is 1.09. The van der Waals surface area contributed by atoms with Crippen molar-refractivity contribution in [2.24, 2.45) is 5.73 Å². The predicted molar refractivity (Wildman–Crippen MR) is 58.9 cm³/mol. The van der Waals surface area contributed by atoms with Crippen molar-refractivity contribution in [2.75, 3.05) is 13.7 Å². The summed E-state index contributed by atoms with van der Waals surface area (Å²) in [6.45, 7) is 4.21. The maximum Gasteiger partial charge on any atom is 0.128 e. The topological polar surface area (TPSA) is 68.4 Å². The van der Waals surface area contributed by atoms with Crippen molar-refractivity contribution in [3.63, 3.8) is 0 Å². The highest BCUT2D eigenvalue weighted by Gasteiger charge is 2.16. The van der Waals surface area contributed by atoms with Crippen molar-refractivity contribution >= 4 is 0 Å². The first-order chi connectivity index (χ1) is 7.10. The molecule has 0 saturated carbocycles. The third kappa shape index (κ3) is 2.67. The van der Waals surface area contributed by atoms with E-state index < -0.39 is 6.10 Å². The van der Waals surface area contributed by atoms with Crippen LogP contribution in [0.3, 0.4) is 0 Å². The summed E-state index contributed by atoms with van der Waals surface area (Å²) in [6.07, 6.45) is -0.0832. The lowest BCUT2D eigenvalue weighted by Gasteiger charge is -2.16. The van der Waals surface area contributed by atoms with Gasteiger partial charge in [-0.1, -0.05) is 0 Å². The fourth-order valence-corrected chi connectivity index (χ4v) is 1.68. The molecule has 0 spiro atoms. The van der Waals surface area contributed by atoms with Gasteiger partial charge in [-0.2, -0.15) is 0 Å². The molecule has 1 unspecified atom stereocenters. The molecule has 0 saturated heterocycles. The van der Waals surface area contributed by atoms with E-state index in [1.807, 2.05) is 19.9 Å². The number of methoxy groups -OCH3 is 1. The van der Waals surface area contributed by atoms with Crippen molar-refractivity contribution in [1.82, 2.24) is 4.98 Å². The van der Waals surface area contributed by atoms with E-state index in [1.54, 1.807) is 7.11 Å². The van der Waals surface area contributed by atoms with Crippen LogP contribution in [0.5, 0.6) is 5.75 Å². The number of hydrogen-bond acceptors (Lipinski definition) is 4. The fraction of sp³-hybridized carbons (Fsp3) is 0.545. The van der Waals surface area contributed by atoms with Crippen molar-refractivity contribution in [3.05, 3.63) is 23.0 Å². The molecule has 4 nitrogen and oxygen atoms in total. The number of aromatic nitrogens is 1. The van der Waals surface area contributed by atoms with Gasteiger partial charge in [-0.25, -0.2) is 0 Å². The van der Waals surface area contributed by atoms with E-state index in [0.717, 1.165) is 17.0 Å². The van der Waals surface area contributed by atoms with Crippen LogP contribution in [0.4, 0.5) is 0 Å². The Labute approximate surface area is 90.1 Å². The standard InChI is InChI=1S/C11H18N2O2/c1-7-6-10(15-3)11(8(2)13-7)9(14)4-5-12/h6,9,14H,4-5,12H2,1-3H3. The molecular weight excluding hydrogens is 192 g/mol. The zero-order valence-corrected chi connectivity index (χ0v) is 9.45. The third-order valence-electron chi connectivity index (χ3n) is 2.33. The molecule has 0 aromatic carbocycles. The summed E-state index contributed by atoms with van der Waals surface area (Å²) in [5.41, 5.74) is 7.84. The molecule has 15 heavy (non-hydrogen) atoms. The van der Waals surface area contributed by atoms with Gasteiger partial charge in [0.15, 0.2) is 0 Å². The van der Waals surface area contributed by atoms with Gasteiger partial charge in [0.2, 0.25) is 0 Å². The van der Waals surface area contributed by atoms with Gasteiger partial charge in [0.05, 0.1) is 13.2 Å². The SMILES string of the molecule is COc1cc(C)nc(C)c1C(O)CCN. The zero-order chi connectivity index (χ0) is 11.4. The second-order valence-corrected chi connectivity index (χ2v) is 3.56. The zero-order valence-electron chi connectivity index (χ0n) is 9.45. The van der Waals surface area contributed by atoms with Crippen molar-refractivity contribution in [3.8, 4) is 5.75 Å². The average molecular weight is 210 g/mol. The van der Waals surface area contributed by atoms with Crippen LogP contribution in [0.15, 0.2) is 6.07 Å². The summed E-state index contributed by atoms with van der Waals surface area (Å²) >= 11 is 0. The number of nitrogens with zero attached hydrogens (tertiary/aromatic N) is 1.